The Hall–Kier alpha value is -1.20. The van der Waals surface area contributed by atoms with Crippen LogP contribution in [0, 0.1) is 14.0 Å². The van der Waals surface area contributed by atoms with Crippen LogP contribution in [0.3, 0.4) is 0 Å². The monoisotopic (exact) mass is 225 g/mol. The molecule has 80 valence electrons. The average Bonchev–Trinajstić information content (AvgIpc) is 2.26. The molecule has 1 rings (SSSR count). The van der Waals surface area contributed by atoms with Crippen LogP contribution in [0.15, 0.2) is 24.3 Å². The maximum atomic E-state index is 11.4. The van der Waals surface area contributed by atoms with Gasteiger partial charge < -0.3 is 5.32 Å². The number of benzene rings is 1. The lowest BCUT2D eigenvalue weighted by Gasteiger charge is -2.03. The first kappa shape index (κ1) is 11.9. The molecule has 1 aromatic carbocycles. The van der Waals surface area contributed by atoms with Crippen molar-refractivity contribution in [2.24, 2.45) is 0 Å². The smallest absolute Gasteiger partial charge is 0.252 e. The lowest BCUT2D eigenvalue weighted by Crippen LogP contribution is -2.27. The minimum Gasteiger partial charge on any atom is -0.338 e. The van der Waals surface area contributed by atoms with Gasteiger partial charge in [-0.15, -0.1) is 0 Å². The summed E-state index contributed by atoms with van der Waals surface area (Å²) in [4.78, 5) is 11.4. The third-order valence-electron chi connectivity index (χ3n) is 1.77. The third kappa shape index (κ3) is 3.81. The molecule has 5 heteroatoms. The number of hydrogen-bond acceptors (Lipinski definition) is 3. The van der Waals surface area contributed by atoms with Crippen LogP contribution in [-0.4, -0.2) is 16.0 Å². The van der Waals surface area contributed by atoms with Crippen molar-refractivity contribution in [3.05, 3.63) is 42.5 Å². The molecule has 1 aromatic rings. The van der Waals surface area contributed by atoms with E-state index in [-0.39, 0.29) is 11.8 Å². The molecule has 1 N–H and O–H groups in total. The fourth-order valence-corrected chi connectivity index (χ4v) is 1.28. The normalized spacial score (nSPS) is 12.1. The second-order valence-electron chi connectivity index (χ2n) is 2.92. The van der Waals surface area contributed by atoms with Crippen LogP contribution in [0.4, 0.5) is 0 Å². The van der Waals surface area contributed by atoms with Gasteiger partial charge in [0.2, 0.25) is 0 Å². The highest BCUT2D eigenvalue weighted by molar-refractivity contribution is 7.80. The third-order valence-corrected chi connectivity index (χ3v) is 2.37. The van der Waals surface area contributed by atoms with E-state index >= 15 is 0 Å². The van der Waals surface area contributed by atoms with Crippen LogP contribution in [0.25, 0.3) is 0 Å². The lowest BCUT2D eigenvalue weighted by molar-refractivity contribution is 0.0959. The summed E-state index contributed by atoms with van der Waals surface area (Å²) >= 11 is -1.68. The molecule has 0 bridgehead atoms. The molecule has 0 spiro atoms. The Morgan fingerprint density at radius 1 is 1.47 bits per heavy atom. The van der Waals surface area contributed by atoms with E-state index in [1.54, 1.807) is 12.1 Å². The Labute approximate surface area is 91.3 Å². The molecule has 0 aliphatic carbocycles. The average molecular weight is 225 g/mol. The molecule has 1 amide bonds. The highest BCUT2D eigenvalue weighted by atomic mass is 32.2. The summed E-state index contributed by atoms with van der Waals surface area (Å²) in [6.45, 7) is 1.93. The Kier molecular flexibility index (Phi) is 4.45. The molecule has 0 saturated heterocycles. The molecule has 0 saturated carbocycles. The van der Waals surface area contributed by atoms with Crippen molar-refractivity contribution in [2.45, 2.75) is 6.92 Å². The lowest BCUT2D eigenvalue weighted by atomic mass is 10.1. The first-order valence-electron chi connectivity index (χ1n) is 4.24. The van der Waals surface area contributed by atoms with Crippen molar-refractivity contribution in [3.63, 3.8) is 0 Å². The van der Waals surface area contributed by atoms with E-state index in [0.29, 0.717) is 5.56 Å². The number of hydrogen-bond donors (Lipinski definition) is 1. The fourth-order valence-electron chi connectivity index (χ4n) is 0.965. The van der Waals surface area contributed by atoms with Crippen LogP contribution in [0.1, 0.15) is 15.9 Å². The number of carbonyl (C=O) groups is 1. The van der Waals surface area contributed by atoms with Crippen molar-refractivity contribution < 1.29 is 13.2 Å². The van der Waals surface area contributed by atoms with Crippen molar-refractivity contribution in [3.8, 4) is 0 Å². The molecule has 0 fully saturated rings. The Bertz CT molecular complexity index is 361. The zero-order chi connectivity index (χ0) is 11.3. The summed E-state index contributed by atoms with van der Waals surface area (Å²) in [5.74, 6) is -0.427. The minimum atomic E-state index is -1.68. The molecular formula is C10H11NO3S. The van der Waals surface area contributed by atoms with Gasteiger partial charge in [-0.2, -0.15) is 0 Å². The van der Waals surface area contributed by atoms with Crippen LogP contribution in [-0.2, 0) is 15.3 Å². The van der Waals surface area contributed by atoms with E-state index in [9.17, 15) is 9.00 Å². The maximum absolute atomic E-state index is 11.4. The van der Waals surface area contributed by atoms with E-state index in [1.807, 2.05) is 19.1 Å². The summed E-state index contributed by atoms with van der Waals surface area (Å²) in [5, 5.41) is 2.43. The van der Waals surface area contributed by atoms with Crippen LogP contribution in [0.2, 0.25) is 0 Å². The van der Waals surface area contributed by atoms with Crippen LogP contribution >= 0.6 is 0 Å². The zero-order valence-corrected chi connectivity index (χ0v) is 9.04. The summed E-state index contributed by atoms with van der Waals surface area (Å²) in [7, 11) is 4.67. The Morgan fingerprint density at radius 3 is 2.60 bits per heavy atom. The number of aryl methyl sites for hydroxylation is 1. The van der Waals surface area contributed by atoms with Crippen molar-refractivity contribution in [2.75, 3.05) is 5.88 Å². The van der Waals surface area contributed by atoms with E-state index in [1.165, 1.54) is 0 Å². The second-order valence-corrected chi connectivity index (χ2v) is 4.00. The molecule has 0 aromatic heterocycles. The molecule has 15 heavy (non-hydrogen) atoms. The molecule has 1 unspecified atom stereocenters. The van der Waals surface area contributed by atoms with Crippen molar-refractivity contribution in [1.29, 1.82) is 0 Å². The van der Waals surface area contributed by atoms with Gasteiger partial charge in [-0.1, -0.05) is 17.7 Å². The van der Waals surface area contributed by atoms with Crippen molar-refractivity contribution >= 4 is 17.0 Å². The number of amides is 1. The molecule has 0 aliphatic heterocycles. The van der Waals surface area contributed by atoms with E-state index in [0.717, 1.165) is 5.56 Å². The Balaban J connectivity index is 2.54. The van der Waals surface area contributed by atoms with E-state index in [2.05, 4.69) is 16.6 Å². The van der Waals surface area contributed by atoms with Crippen LogP contribution < -0.4 is 5.32 Å². The summed E-state index contributed by atoms with van der Waals surface area (Å²) in [6.07, 6.45) is 0. The molecule has 4 nitrogen and oxygen atoms in total. The zero-order valence-electron chi connectivity index (χ0n) is 8.23. The quantitative estimate of drug-likeness (QED) is 0.832. The van der Waals surface area contributed by atoms with E-state index < -0.39 is 11.1 Å². The van der Waals surface area contributed by atoms with Gasteiger partial charge in [-0.05, 0) is 19.1 Å². The standard InChI is InChI=1S/C10H11NO3S/c1-8-3-5-9(6-4-8)10(12)11-7-15(13)14-2/h2-6H,7H2,1H3,(H,11,12). The Morgan fingerprint density at radius 2 is 2.07 bits per heavy atom. The number of nitrogens with one attached hydrogen (secondary N) is 1. The topological polar surface area (TPSA) is 55.4 Å². The molecule has 2 radical (unpaired) electrons. The summed E-state index contributed by atoms with van der Waals surface area (Å²) in [6, 6.07) is 7.03. The first-order chi connectivity index (χ1) is 7.13. The van der Waals surface area contributed by atoms with Gasteiger partial charge in [0, 0.05) is 5.56 Å². The van der Waals surface area contributed by atoms with Gasteiger partial charge in [-0.3, -0.25) is 8.98 Å². The SMILES string of the molecule is [CH]OS(=O)CNC(=O)c1ccc(C)cc1. The van der Waals surface area contributed by atoms with Crippen LogP contribution in [0.5, 0.6) is 0 Å². The summed E-state index contributed by atoms with van der Waals surface area (Å²) < 4.78 is 14.8. The van der Waals surface area contributed by atoms with Gasteiger partial charge in [0.1, 0.15) is 13.0 Å². The highest BCUT2D eigenvalue weighted by Gasteiger charge is 2.05. The predicted molar refractivity (Wildman–Crippen MR) is 57.0 cm³/mol. The predicted octanol–water partition coefficient (Wildman–Crippen LogP) is 1.03. The van der Waals surface area contributed by atoms with Gasteiger partial charge >= 0.3 is 0 Å². The second kappa shape index (κ2) is 5.63. The first-order valence-corrected chi connectivity index (χ1v) is 5.48. The number of rotatable bonds is 4. The van der Waals surface area contributed by atoms with Gasteiger partial charge in [-0.25, -0.2) is 4.21 Å². The minimum absolute atomic E-state index is 0.122. The molecule has 1 atom stereocenters. The molecular weight excluding hydrogens is 214 g/mol. The van der Waals surface area contributed by atoms with Gasteiger partial charge in [0.25, 0.3) is 5.91 Å². The summed E-state index contributed by atoms with van der Waals surface area (Å²) in [5.41, 5.74) is 1.58. The van der Waals surface area contributed by atoms with E-state index in [4.69, 9.17) is 0 Å². The van der Waals surface area contributed by atoms with Gasteiger partial charge in [0.15, 0.2) is 11.1 Å². The molecule has 0 heterocycles. The van der Waals surface area contributed by atoms with Gasteiger partial charge in [0.05, 0.1) is 0 Å². The number of carbonyl (C=O) groups excluding carboxylic acids is 1. The highest BCUT2D eigenvalue weighted by Crippen LogP contribution is 2.02. The van der Waals surface area contributed by atoms with Crippen molar-refractivity contribution in [1.82, 2.24) is 5.32 Å². The fraction of sp³-hybridized carbons (Fsp3) is 0.200. The largest absolute Gasteiger partial charge is 0.338 e. The maximum Gasteiger partial charge on any atom is 0.252 e. The molecule has 0 aliphatic rings.